The van der Waals surface area contributed by atoms with Crippen LogP contribution in [0.1, 0.15) is 49.7 Å². The molecule has 4 aliphatic rings. The van der Waals surface area contributed by atoms with E-state index < -0.39 is 38.4 Å². The Hall–Kier alpha value is -1.29. The van der Waals surface area contributed by atoms with E-state index in [0.717, 1.165) is 38.5 Å². The quantitative estimate of drug-likeness (QED) is 0.652. The molecular weight excluding hydrogens is 420 g/mol. The molecule has 1 N–H and O–H groups in total. The van der Waals surface area contributed by atoms with E-state index in [1.807, 2.05) is 0 Å². The molecule has 29 heavy (non-hydrogen) atoms. The molecular formula is C19H21F6NO2S. The van der Waals surface area contributed by atoms with Crippen LogP contribution < -0.4 is 4.72 Å². The molecule has 1 aromatic carbocycles. The van der Waals surface area contributed by atoms with Gasteiger partial charge in [-0.15, -0.1) is 0 Å². The predicted octanol–water partition coefficient (Wildman–Crippen LogP) is 5.22. The highest BCUT2D eigenvalue weighted by atomic mass is 32.2. The molecule has 0 amide bonds. The summed E-state index contributed by atoms with van der Waals surface area (Å²) in [5.74, 6) is 1.61. The van der Waals surface area contributed by atoms with Gasteiger partial charge in [0.25, 0.3) is 0 Å². The maximum Gasteiger partial charge on any atom is 0.416 e. The zero-order chi connectivity index (χ0) is 21.2. The molecule has 0 aromatic heterocycles. The van der Waals surface area contributed by atoms with Crippen molar-refractivity contribution in [2.45, 2.75) is 55.8 Å². The lowest BCUT2D eigenvalue weighted by molar-refractivity contribution is -0.143. The van der Waals surface area contributed by atoms with Crippen molar-refractivity contribution in [2.75, 3.05) is 6.54 Å². The summed E-state index contributed by atoms with van der Waals surface area (Å²) in [7, 11) is -4.52. The summed E-state index contributed by atoms with van der Waals surface area (Å²) in [5.41, 5.74) is -3.51. The number of hydrogen-bond acceptors (Lipinski definition) is 2. The highest BCUT2D eigenvalue weighted by Gasteiger charge is 2.51. The standard InChI is InChI=1S/C19H21F6NO2S/c20-18(21,22)14-4-15(19(23,24)25)6-16(5-14)29(27,28)26-10-17-7-11-1-12(8-17)3-13(2-11)9-17/h4-6,11-13,26H,1-3,7-10H2. The second-order valence-electron chi connectivity index (χ2n) is 8.98. The molecule has 4 bridgehead atoms. The zero-order valence-corrected chi connectivity index (χ0v) is 16.2. The normalized spacial score (nSPS) is 32.0. The van der Waals surface area contributed by atoms with Crippen LogP contribution in [-0.4, -0.2) is 15.0 Å². The van der Waals surface area contributed by atoms with Crippen LogP contribution in [0.4, 0.5) is 26.3 Å². The van der Waals surface area contributed by atoms with E-state index in [-0.39, 0.29) is 30.2 Å². The van der Waals surface area contributed by atoms with Crippen molar-refractivity contribution >= 4 is 10.0 Å². The molecule has 10 heteroatoms. The summed E-state index contributed by atoms with van der Waals surface area (Å²) in [6.07, 6.45) is -4.21. The summed E-state index contributed by atoms with van der Waals surface area (Å²) in [5, 5.41) is 0. The summed E-state index contributed by atoms with van der Waals surface area (Å²) in [6.45, 7) is 0.0520. The highest BCUT2D eigenvalue weighted by Crippen LogP contribution is 2.59. The van der Waals surface area contributed by atoms with Crippen molar-refractivity contribution in [1.82, 2.24) is 4.72 Å². The van der Waals surface area contributed by atoms with Gasteiger partial charge in [0.15, 0.2) is 0 Å². The smallest absolute Gasteiger partial charge is 0.211 e. The molecule has 4 saturated carbocycles. The van der Waals surface area contributed by atoms with Crippen molar-refractivity contribution in [2.24, 2.45) is 23.2 Å². The molecule has 0 aliphatic heterocycles. The number of hydrogen-bond donors (Lipinski definition) is 1. The molecule has 0 heterocycles. The first-order valence-corrected chi connectivity index (χ1v) is 11.0. The van der Waals surface area contributed by atoms with Crippen LogP contribution in [0, 0.1) is 23.2 Å². The third kappa shape index (κ3) is 4.15. The molecule has 5 rings (SSSR count). The van der Waals surface area contributed by atoms with Gasteiger partial charge in [-0.05, 0) is 79.9 Å². The Balaban J connectivity index is 1.60. The van der Waals surface area contributed by atoms with Crippen LogP contribution in [-0.2, 0) is 22.4 Å². The van der Waals surface area contributed by atoms with Gasteiger partial charge in [0.2, 0.25) is 10.0 Å². The molecule has 0 saturated heterocycles. The Morgan fingerprint density at radius 2 is 1.24 bits per heavy atom. The van der Waals surface area contributed by atoms with E-state index in [1.165, 1.54) is 0 Å². The Bertz CT molecular complexity index is 839. The molecule has 0 radical (unpaired) electrons. The topological polar surface area (TPSA) is 46.2 Å². The minimum absolute atomic E-state index is 0.0520. The summed E-state index contributed by atoms with van der Waals surface area (Å²) in [6, 6.07) is 0.451. The molecule has 0 spiro atoms. The van der Waals surface area contributed by atoms with Gasteiger partial charge in [-0.2, -0.15) is 26.3 Å². The fraction of sp³-hybridized carbons (Fsp3) is 0.684. The molecule has 0 unspecified atom stereocenters. The van der Waals surface area contributed by atoms with E-state index in [2.05, 4.69) is 4.72 Å². The minimum Gasteiger partial charge on any atom is -0.211 e. The lowest BCUT2D eigenvalue weighted by Gasteiger charge is -2.56. The maximum atomic E-state index is 13.0. The van der Waals surface area contributed by atoms with E-state index in [9.17, 15) is 34.8 Å². The van der Waals surface area contributed by atoms with Gasteiger partial charge in [0, 0.05) is 6.54 Å². The number of halogens is 6. The Kier molecular flexibility index (Phi) is 4.77. The SMILES string of the molecule is O=S(=O)(NCC12CC3CC(CC(C3)C1)C2)c1cc(C(F)(F)F)cc(C(F)(F)F)c1. The van der Waals surface area contributed by atoms with Crippen LogP contribution in [0.25, 0.3) is 0 Å². The van der Waals surface area contributed by atoms with E-state index >= 15 is 0 Å². The van der Waals surface area contributed by atoms with E-state index in [0.29, 0.717) is 17.8 Å². The van der Waals surface area contributed by atoms with Gasteiger partial charge in [-0.25, -0.2) is 13.1 Å². The van der Waals surface area contributed by atoms with Gasteiger partial charge in [-0.3, -0.25) is 0 Å². The Labute approximate surface area is 164 Å². The molecule has 0 atom stereocenters. The monoisotopic (exact) mass is 441 g/mol. The van der Waals surface area contributed by atoms with E-state index in [1.54, 1.807) is 0 Å². The average Bonchev–Trinajstić information content (AvgIpc) is 2.57. The third-order valence-electron chi connectivity index (χ3n) is 6.67. The molecule has 4 fully saturated rings. The van der Waals surface area contributed by atoms with Gasteiger partial charge >= 0.3 is 12.4 Å². The zero-order valence-electron chi connectivity index (χ0n) is 15.4. The number of sulfonamides is 1. The first kappa shape index (κ1) is 21.0. The lowest BCUT2D eigenvalue weighted by Crippen LogP contribution is -2.51. The summed E-state index contributed by atoms with van der Waals surface area (Å²) in [4.78, 5) is -1.01. The predicted molar refractivity (Wildman–Crippen MR) is 92.2 cm³/mol. The third-order valence-corrected chi connectivity index (χ3v) is 8.05. The largest absolute Gasteiger partial charge is 0.416 e. The summed E-state index contributed by atoms with van der Waals surface area (Å²) >= 11 is 0. The van der Waals surface area contributed by atoms with Crippen LogP contribution in [0.2, 0.25) is 0 Å². The summed E-state index contributed by atoms with van der Waals surface area (Å²) < 4.78 is 106. The molecule has 1 aromatic rings. The van der Waals surface area contributed by atoms with Crippen LogP contribution >= 0.6 is 0 Å². The second-order valence-corrected chi connectivity index (χ2v) is 10.8. The molecule has 162 valence electrons. The average molecular weight is 441 g/mol. The van der Waals surface area contributed by atoms with Gasteiger partial charge in [0.1, 0.15) is 0 Å². The van der Waals surface area contributed by atoms with Crippen molar-refractivity contribution in [3.05, 3.63) is 29.3 Å². The second kappa shape index (κ2) is 6.60. The molecule has 4 aliphatic carbocycles. The van der Waals surface area contributed by atoms with Crippen molar-refractivity contribution in [3.63, 3.8) is 0 Å². The Morgan fingerprint density at radius 3 is 1.62 bits per heavy atom. The minimum atomic E-state index is -5.09. The van der Waals surface area contributed by atoms with Crippen LogP contribution in [0.3, 0.4) is 0 Å². The van der Waals surface area contributed by atoms with Gasteiger partial charge in [-0.1, -0.05) is 0 Å². The number of benzene rings is 1. The maximum absolute atomic E-state index is 13.0. The molecule has 3 nitrogen and oxygen atoms in total. The lowest BCUT2D eigenvalue weighted by atomic mass is 9.50. The van der Waals surface area contributed by atoms with E-state index in [4.69, 9.17) is 0 Å². The van der Waals surface area contributed by atoms with Crippen molar-refractivity contribution in [3.8, 4) is 0 Å². The van der Waals surface area contributed by atoms with Gasteiger partial charge < -0.3 is 0 Å². The van der Waals surface area contributed by atoms with Crippen molar-refractivity contribution < 1.29 is 34.8 Å². The Morgan fingerprint density at radius 1 is 0.828 bits per heavy atom. The first-order chi connectivity index (χ1) is 13.3. The van der Waals surface area contributed by atoms with Gasteiger partial charge in [0.05, 0.1) is 16.0 Å². The van der Waals surface area contributed by atoms with Crippen LogP contribution in [0.5, 0.6) is 0 Å². The fourth-order valence-electron chi connectivity index (χ4n) is 5.92. The first-order valence-electron chi connectivity index (χ1n) is 9.55. The highest BCUT2D eigenvalue weighted by molar-refractivity contribution is 7.89. The fourth-order valence-corrected chi connectivity index (χ4v) is 7.15. The van der Waals surface area contributed by atoms with Crippen LogP contribution in [0.15, 0.2) is 23.1 Å². The number of rotatable bonds is 4. The van der Waals surface area contributed by atoms with Crippen molar-refractivity contribution in [1.29, 1.82) is 0 Å². The number of alkyl halides is 6. The number of nitrogens with one attached hydrogen (secondary N) is 1.